The fourth-order valence-electron chi connectivity index (χ4n) is 3.58. The van der Waals surface area contributed by atoms with Crippen molar-refractivity contribution >= 4 is 29.1 Å². The first-order chi connectivity index (χ1) is 14.0. The SMILES string of the molecule is CCC(=O)N1CCCC(C(=O)Nc2cccc(C(=O)N(C)c3ccccc3)c2)C1. The van der Waals surface area contributed by atoms with Crippen LogP contribution in [0.3, 0.4) is 0 Å². The molecule has 1 atom stereocenters. The first-order valence-electron chi connectivity index (χ1n) is 10.0. The van der Waals surface area contributed by atoms with Crippen LogP contribution in [-0.2, 0) is 9.59 Å². The van der Waals surface area contributed by atoms with Crippen LogP contribution in [0, 0.1) is 5.92 Å². The van der Waals surface area contributed by atoms with Crippen molar-refractivity contribution in [2.75, 3.05) is 30.4 Å². The number of amides is 3. The molecule has 29 heavy (non-hydrogen) atoms. The van der Waals surface area contributed by atoms with Gasteiger partial charge >= 0.3 is 0 Å². The quantitative estimate of drug-likeness (QED) is 0.845. The number of benzene rings is 2. The minimum atomic E-state index is -0.231. The third-order valence-corrected chi connectivity index (χ3v) is 5.27. The topological polar surface area (TPSA) is 69.7 Å². The van der Waals surface area contributed by atoms with Gasteiger partial charge in [-0.05, 0) is 43.2 Å². The van der Waals surface area contributed by atoms with Crippen LogP contribution < -0.4 is 10.2 Å². The zero-order valence-corrected chi connectivity index (χ0v) is 16.9. The van der Waals surface area contributed by atoms with E-state index in [0.717, 1.165) is 18.5 Å². The standard InChI is InChI=1S/C23H27N3O3/c1-3-21(27)26-14-8-10-18(16-26)22(28)24-19-11-7-9-17(15-19)23(29)25(2)20-12-5-4-6-13-20/h4-7,9,11-13,15,18H,3,8,10,14,16H2,1-2H3,(H,24,28). The fraction of sp³-hybridized carbons (Fsp3) is 0.348. The molecule has 0 aliphatic carbocycles. The largest absolute Gasteiger partial charge is 0.342 e. The van der Waals surface area contributed by atoms with Gasteiger partial charge in [-0.15, -0.1) is 0 Å². The molecule has 1 aliphatic rings. The number of nitrogens with zero attached hydrogens (tertiary/aromatic N) is 2. The van der Waals surface area contributed by atoms with Crippen LogP contribution in [0.2, 0.25) is 0 Å². The van der Waals surface area contributed by atoms with Crippen molar-refractivity contribution in [3.8, 4) is 0 Å². The lowest BCUT2D eigenvalue weighted by molar-refractivity contribution is -0.134. The predicted octanol–water partition coefficient (Wildman–Crippen LogP) is 3.55. The highest BCUT2D eigenvalue weighted by Gasteiger charge is 2.28. The average molecular weight is 393 g/mol. The minimum absolute atomic E-state index is 0.0824. The van der Waals surface area contributed by atoms with Crippen LogP contribution in [0.5, 0.6) is 0 Å². The van der Waals surface area contributed by atoms with Crippen LogP contribution in [0.15, 0.2) is 54.6 Å². The summed E-state index contributed by atoms with van der Waals surface area (Å²) < 4.78 is 0. The number of piperidine rings is 1. The van der Waals surface area contributed by atoms with E-state index >= 15 is 0 Å². The number of para-hydroxylation sites is 1. The van der Waals surface area contributed by atoms with E-state index in [1.807, 2.05) is 37.3 Å². The van der Waals surface area contributed by atoms with E-state index in [9.17, 15) is 14.4 Å². The predicted molar refractivity (Wildman–Crippen MR) is 114 cm³/mol. The van der Waals surface area contributed by atoms with E-state index < -0.39 is 0 Å². The minimum Gasteiger partial charge on any atom is -0.342 e. The fourth-order valence-corrected chi connectivity index (χ4v) is 3.58. The Morgan fingerprint density at radius 3 is 2.59 bits per heavy atom. The van der Waals surface area contributed by atoms with E-state index in [4.69, 9.17) is 0 Å². The van der Waals surface area contributed by atoms with Gasteiger partial charge in [0, 0.05) is 43.5 Å². The summed E-state index contributed by atoms with van der Waals surface area (Å²) in [5.41, 5.74) is 1.89. The van der Waals surface area contributed by atoms with Gasteiger partial charge in [0.25, 0.3) is 5.91 Å². The van der Waals surface area contributed by atoms with Gasteiger partial charge in [-0.25, -0.2) is 0 Å². The lowest BCUT2D eigenvalue weighted by Crippen LogP contribution is -2.43. The Morgan fingerprint density at radius 2 is 1.86 bits per heavy atom. The van der Waals surface area contributed by atoms with Gasteiger partial charge < -0.3 is 15.1 Å². The number of nitrogens with one attached hydrogen (secondary N) is 1. The summed E-state index contributed by atoms with van der Waals surface area (Å²) in [6.07, 6.45) is 2.03. The van der Waals surface area contributed by atoms with Crippen molar-refractivity contribution < 1.29 is 14.4 Å². The number of hydrogen-bond donors (Lipinski definition) is 1. The second-order valence-electron chi connectivity index (χ2n) is 7.30. The average Bonchev–Trinajstić information content (AvgIpc) is 2.78. The van der Waals surface area contributed by atoms with Gasteiger partial charge in [0.1, 0.15) is 0 Å². The van der Waals surface area contributed by atoms with Crippen molar-refractivity contribution in [3.63, 3.8) is 0 Å². The van der Waals surface area contributed by atoms with Gasteiger partial charge in [-0.3, -0.25) is 14.4 Å². The van der Waals surface area contributed by atoms with Gasteiger partial charge in [-0.2, -0.15) is 0 Å². The summed E-state index contributed by atoms with van der Waals surface area (Å²) in [6, 6.07) is 16.4. The molecule has 6 heteroatoms. The Hall–Kier alpha value is -3.15. The Morgan fingerprint density at radius 1 is 1.10 bits per heavy atom. The van der Waals surface area contributed by atoms with Crippen molar-refractivity contribution in [1.82, 2.24) is 4.90 Å². The molecule has 3 amide bonds. The highest BCUT2D eigenvalue weighted by molar-refractivity contribution is 6.06. The maximum Gasteiger partial charge on any atom is 0.258 e. The van der Waals surface area contributed by atoms with Gasteiger partial charge in [0.05, 0.1) is 5.92 Å². The van der Waals surface area contributed by atoms with E-state index in [1.165, 1.54) is 0 Å². The van der Waals surface area contributed by atoms with Crippen molar-refractivity contribution in [1.29, 1.82) is 0 Å². The molecule has 1 saturated heterocycles. The zero-order valence-electron chi connectivity index (χ0n) is 16.9. The Balaban J connectivity index is 1.67. The summed E-state index contributed by atoms with van der Waals surface area (Å²) >= 11 is 0. The maximum atomic E-state index is 12.8. The van der Waals surface area contributed by atoms with E-state index in [-0.39, 0.29) is 23.6 Å². The van der Waals surface area contributed by atoms with Gasteiger partial charge in [-0.1, -0.05) is 31.2 Å². The van der Waals surface area contributed by atoms with Gasteiger partial charge in [0.15, 0.2) is 0 Å². The molecule has 1 heterocycles. The van der Waals surface area contributed by atoms with Crippen molar-refractivity contribution in [3.05, 3.63) is 60.2 Å². The molecule has 1 N–H and O–H groups in total. The highest BCUT2D eigenvalue weighted by Crippen LogP contribution is 2.21. The number of likely N-dealkylation sites (tertiary alicyclic amines) is 1. The van der Waals surface area contributed by atoms with Crippen LogP contribution in [0.4, 0.5) is 11.4 Å². The lowest BCUT2D eigenvalue weighted by Gasteiger charge is -2.32. The van der Waals surface area contributed by atoms with E-state index in [1.54, 1.807) is 41.1 Å². The molecule has 2 aromatic carbocycles. The Labute approximate surface area is 171 Å². The highest BCUT2D eigenvalue weighted by atomic mass is 16.2. The summed E-state index contributed by atoms with van der Waals surface area (Å²) in [7, 11) is 1.73. The second-order valence-corrected chi connectivity index (χ2v) is 7.30. The maximum absolute atomic E-state index is 12.8. The third-order valence-electron chi connectivity index (χ3n) is 5.27. The smallest absolute Gasteiger partial charge is 0.258 e. The van der Waals surface area contributed by atoms with Crippen LogP contribution in [0.1, 0.15) is 36.5 Å². The molecule has 0 radical (unpaired) electrons. The van der Waals surface area contributed by atoms with Crippen molar-refractivity contribution in [2.24, 2.45) is 5.92 Å². The number of carbonyl (C=O) groups is 3. The number of hydrogen-bond acceptors (Lipinski definition) is 3. The molecule has 0 aromatic heterocycles. The number of rotatable bonds is 5. The molecule has 2 aromatic rings. The molecule has 1 unspecified atom stereocenters. The van der Waals surface area contributed by atoms with E-state index in [0.29, 0.717) is 30.8 Å². The molecule has 1 aliphatic heterocycles. The van der Waals surface area contributed by atoms with Crippen LogP contribution >= 0.6 is 0 Å². The normalized spacial score (nSPS) is 16.2. The third kappa shape index (κ3) is 5.02. The first-order valence-corrected chi connectivity index (χ1v) is 10.0. The second kappa shape index (κ2) is 9.37. The Bertz CT molecular complexity index is 882. The summed E-state index contributed by atoms with van der Waals surface area (Å²) in [5.74, 6) is -0.408. The number of carbonyl (C=O) groups excluding carboxylic acids is 3. The molecular formula is C23H27N3O3. The molecule has 152 valence electrons. The molecule has 0 saturated carbocycles. The molecule has 1 fully saturated rings. The van der Waals surface area contributed by atoms with Crippen LogP contribution in [-0.4, -0.2) is 42.8 Å². The first kappa shape index (κ1) is 20.6. The Kier molecular flexibility index (Phi) is 6.65. The molecular weight excluding hydrogens is 366 g/mol. The molecule has 6 nitrogen and oxygen atoms in total. The molecule has 0 bridgehead atoms. The lowest BCUT2D eigenvalue weighted by atomic mass is 9.96. The summed E-state index contributed by atoms with van der Waals surface area (Å²) in [4.78, 5) is 40.8. The number of anilines is 2. The van der Waals surface area contributed by atoms with Gasteiger partial charge in [0.2, 0.25) is 11.8 Å². The molecule has 3 rings (SSSR count). The van der Waals surface area contributed by atoms with Crippen LogP contribution in [0.25, 0.3) is 0 Å². The monoisotopic (exact) mass is 393 g/mol. The van der Waals surface area contributed by atoms with Crippen molar-refractivity contribution in [2.45, 2.75) is 26.2 Å². The zero-order chi connectivity index (χ0) is 20.8. The molecule has 0 spiro atoms. The summed E-state index contributed by atoms with van der Waals surface area (Å²) in [5, 5.41) is 2.92. The van der Waals surface area contributed by atoms with E-state index in [2.05, 4.69) is 5.32 Å². The summed E-state index contributed by atoms with van der Waals surface area (Å²) in [6.45, 7) is 3.00.